The molecular weight excluding hydrogens is 288 g/mol. The van der Waals surface area contributed by atoms with Crippen LogP contribution in [0, 0.1) is 0 Å². The number of anilines is 1. The number of nitrogens with one attached hydrogen (secondary N) is 2. The summed E-state index contributed by atoms with van der Waals surface area (Å²) in [5, 5.41) is 17.1. The highest BCUT2D eigenvalue weighted by molar-refractivity contribution is 7.92. The lowest BCUT2D eigenvalue weighted by atomic mass is 10.3. The van der Waals surface area contributed by atoms with Gasteiger partial charge in [0.25, 0.3) is 10.0 Å². The van der Waals surface area contributed by atoms with Crippen molar-refractivity contribution in [1.82, 2.24) is 15.2 Å². The van der Waals surface area contributed by atoms with Crippen molar-refractivity contribution in [2.45, 2.75) is 30.4 Å². The van der Waals surface area contributed by atoms with E-state index in [1.807, 2.05) is 5.38 Å². The molecule has 7 nitrogen and oxygen atoms in total. The number of rotatable bonds is 5. The van der Waals surface area contributed by atoms with Gasteiger partial charge in [-0.2, -0.15) is 13.5 Å². The molecule has 0 spiro atoms. The van der Waals surface area contributed by atoms with Gasteiger partial charge in [-0.05, 0) is 12.8 Å². The van der Waals surface area contributed by atoms with Crippen molar-refractivity contribution in [3.63, 3.8) is 0 Å². The molecule has 0 aromatic carbocycles. The summed E-state index contributed by atoms with van der Waals surface area (Å²) in [6.07, 6.45) is 3.52. The van der Waals surface area contributed by atoms with Gasteiger partial charge in [-0.15, -0.1) is 11.3 Å². The first-order valence-electron chi connectivity index (χ1n) is 5.71. The number of aromatic nitrogens is 3. The minimum absolute atomic E-state index is 0.127. The first-order chi connectivity index (χ1) is 9.10. The van der Waals surface area contributed by atoms with Gasteiger partial charge in [0, 0.05) is 16.9 Å². The van der Waals surface area contributed by atoms with E-state index in [-0.39, 0.29) is 10.6 Å². The predicted molar refractivity (Wildman–Crippen MR) is 69.4 cm³/mol. The van der Waals surface area contributed by atoms with E-state index in [4.69, 9.17) is 5.11 Å². The number of aromatic amines is 1. The smallest absolute Gasteiger partial charge is 0.280 e. The summed E-state index contributed by atoms with van der Waals surface area (Å²) >= 11 is 1.26. The molecule has 0 bridgehead atoms. The summed E-state index contributed by atoms with van der Waals surface area (Å²) in [4.78, 5) is 4.25. The fraction of sp³-hybridized carbons (Fsp3) is 0.400. The van der Waals surface area contributed by atoms with E-state index in [0.717, 1.165) is 18.5 Å². The number of hydrogen-bond donors (Lipinski definition) is 3. The SMILES string of the molecule is O=S(=O)(Nc1nc(C2CC2)cs1)c1[nH]ncc1CO. The maximum absolute atomic E-state index is 12.1. The molecule has 1 aliphatic rings. The maximum atomic E-state index is 12.1. The van der Waals surface area contributed by atoms with Crippen molar-refractivity contribution in [3.05, 3.63) is 22.8 Å². The van der Waals surface area contributed by atoms with Crippen LogP contribution in [0.4, 0.5) is 5.13 Å². The van der Waals surface area contributed by atoms with Gasteiger partial charge in [-0.25, -0.2) is 4.98 Å². The summed E-state index contributed by atoms with van der Waals surface area (Å²) in [6.45, 7) is -0.391. The van der Waals surface area contributed by atoms with Crippen LogP contribution in [0.3, 0.4) is 0 Å². The molecule has 2 aromatic heterocycles. The minimum atomic E-state index is -3.78. The third kappa shape index (κ3) is 2.48. The highest BCUT2D eigenvalue weighted by atomic mass is 32.2. The van der Waals surface area contributed by atoms with Gasteiger partial charge in [0.15, 0.2) is 10.2 Å². The largest absolute Gasteiger partial charge is 0.392 e. The van der Waals surface area contributed by atoms with E-state index in [9.17, 15) is 8.42 Å². The van der Waals surface area contributed by atoms with E-state index in [1.165, 1.54) is 17.5 Å². The Balaban J connectivity index is 1.84. The summed E-state index contributed by atoms with van der Waals surface area (Å²) in [5.41, 5.74) is 1.17. The lowest BCUT2D eigenvalue weighted by Gasteiger charge is -2.04. The fourth-order valence-corrected chi connectivity index (χ4v) is 3.88. The normalized spacial score (nSPS) is 15.6. The average Bonchev–Trinajstić information content (AvgIpc) is 2.92. The first kappa shape index (κ1) is 12.6. The second-order valence-electron chi connectivity index (χ2n) is 4.34. The molecule has 0 radical (unpaired) electrons. The van der Waals surface area contributed by atoms with Crippen molar-refractivity contribution < 1.29 is 13.5 Å². The molecule has 2 aromatic rings. The summed E-state index contributed by atoms with van der Waals surface area (Å²) in [7, 11) is -3.78. The van der Waals surface area contributed by atoms with Crippen LogP contribution in [-0.2, 0) is 16.6 Å². The van der Waals surface area contributed by atoms with Crippen LogP contribution in [-0.4, -0.2) is 28.7 Å². The first-order valence-corrected chi connectivity index (χ1v) is 8.08. The fourth-order valence-electron chi connectivity index (χ4n) is 1.71. The molecule has 9 heteroatoms. The Bertz CT molecular complexity index is 687. The molecule has 102 valence electrons. The zero-order valence-corrected chi connectivity index (χ0v) is 11.5. The molecule has 0 amide bonds. The number of aliphatic hydroxyl groups excluding tert-OH is 1. The Hall–Kier alpha value is -1.45. The van der Waals surface area contributed by atoms with Crippen LogP contribution in [0.2, 0.25) is 0 Å². The van der Waals surface area contributed by atoms with Gasteiger partial charge < -0.3 is 5.11 Å². The molecule has 1 aliphatic carbocycles. The van der Waals surface area contributed by atoms with Gasteiger partial charge in [-0.1, -0.05) is 0 Å². The Kier molecular flexibility index (Phi) is 3.03. The molecule has 3 N–H and O–H groups in total. The van der Waals surface area contributed by atoms with Crippen LogP contribution >= 0.6 is 11.3 Å². The van der Waals surface area contributed by atoms with Crippen molar-refractivity contribution >= 4 is 26.5 Å². The van der Waals surface area contributed by atoms with Gasteiger partial charge in [0.2, 0.25) is 0 Å². The lowest BCUT2D eigenvalue weighted by molar-refractivity contribution is 0.278. The van der Waals surface area contributed by atoms with Crippen LogP contribution in [0.25, 0.3) is 0 Å². The molecule has 0 saturated heterocycles. The maximum Gasteiger partial charge on any atom is 0.280 e. The highest BCUT2D eigenvalue weighted by Gasteiger charge is 2.27. The van der Waals surface area contributed by atoms with E-state index in [1.54, 1.807) is 0 Å². The molecule has 1 fully saturated rings. The van der Waals surface area contributed by atoms with Crippen LogP contribution in [0.5, 0.6) is 0 Å². The van der Waals surface area contributed by atoms with E-state index in [2.05, 4.69) is 19.9 Å². The second-order valence-corrected chi connectivity index (χ2v) is 6.82. The third-order valence-corrected chi connectivity index (χ3v) is 5.11. The van der Waals surface area contributed by atoms with E-state index in [0.29, 0.717) is 11.0 Å². The quantitative estimate of drug-likeness (QED) is 0.764. The Morgan fingerprint density at radius 3 is 3.00 bits per heavy atom. The number of hydrogen-bond acceptors (Lipinski definition) is 6. The standard InChI is InChI=1S/C10H12N4O3S2/c15-4-7-3-11-13-9(7)19(16,17)14-10-12-8(5-18-10)6-1-2-6/h3,5-6,15H,1-2,4H2,(H,11,13)(H,12,14). The van der Waals surface area contributed by atoms with Crippen molar-refractivity contribution in [2.75, 3.05) is 4.72 Å². The molecule has 3 rings (SSSR count). The Labute approximate surface area is 113 Å². The molecule has 2 heterocycles. The molecule has 1 saturated carbocycles. The highest BCUT2D eigenvalue weighted by Crippen LogP contribution is 2.41. The summed E-state index contributed by atoms with van der Waals surface area (Å²) in [6, 6.07) is 0. The summed E-state index contributed by atoms with van der Waals surface area (Å²) in [5.74, 6) is 0.481. The minimum Gasteiger partial charge on any atom is -0.392 e. The number of nitrogens with zero attached hydrogens (tertiary/aromatic N) is 2. The van der Waals surface area contributed by atoms with Crippen molar-refractivity contribution in [3.8, 4) is 0 Å². The second kappa shape index (κ2) is 4.58. The lowest BCUT2D eigenvalue weighted by Crippen LogP contribution is -2.15. The Morgan fingerprint density at radius 1 is 1.53 bits per heavy atom. The molecule has 0 unspecified atom stereocenters. The average molecular weight is 300 g/mol. The number of aliphatic hydroxyl groups is 1. The predicted octanol–water partition coefficient (Wildman–Crippen LogP) is 1.04. The van der Waals surface area contributed by atoms with Crippen LogP contribution in [0.15, 0.2) is 16.6 Å². The third-order valence-electron chi connectivity index (χ3n) is 2.86. The molecular formula is C10H12N4O3S2. The number of H-pyrrole nitrogens is 1. The Morgan fingerprint density at radius 2 is 2.32 bits per heavy atom. The molecule has 0 atom stereocenters. The zero-order chi connectivity index (χ0) is 13.5. The van der Waals surface area contributed by atoms with Crippen LogP contribution in [0.1, 0.15) is 30.0 Å². The topological polar surface area (TPSA) is 108 Å². The van der Waals surface area contributed by atoms with E-state index >= 15 is 0 Å². The van der Waals surface area contributed by atoms with E-state index < -0.39 is 16.6 Å². The molecule has 0 aliphatic heterocycles. The van der Waals surface area contributed by atoms with Gasteiger partial charge >= 0.3 is 0 Å². The number of sulfonamides is 1. The zero-order valence-electron chi connectivity index (χ0n) is 9.83. The van der Waals surface area contributed by atoms with Gasteiger partial charge in [0.05, 0.1) is 18.5 Å². The van der Waals surface area contributed by atoms with Crippen molar-refractivity contribution in [1.29, 1.82) is 0 Å². The number of thiazole rings is 1. The monoisotopic (exact) mass is 300 g/mol. The van der Waals surface area contributed by atoms with Gasteiger partial charge in [0.1, 0.15) is 0 Å². The summed E-state index contributed by atoms with van der Waals surface area (Å²) < 4.78 is 26.6. The molecule has 19 heavy (non-hydrogen) atoms. The van der Waals surface area contributed by atoms with Crippen molar-refractivity contribution in [2.24, 2.45) is 0 Å². The van der Waals surface area contributed by atoms with Crippen LogP contribution < -0.4 is 4.72 Å². The van der Waals surface area contributed by atoms with Gasteiger partial charge in [-0.3, -0.25) is 9.82 Å².